The molecule has 15 heavy (non-hydrogen) atoms. The molecule has 0 amide bonds. The molecule has 1 nitrogen and oxygen atoms in total. The molecule has 78 valence electrons. The number of rotatable bonds is 0. The highest BCUT2D eigenvalue weighted by molar-refractivity contribution is 8.12. The van der Waals surface area contributed by atoms with Crippen LogP contribution in [0.4, 0.5) is 0 Å². The van der Waals surface area contributed by atoms with Gasteiger partial charge in [-0.25, -0.2) is 0 Å². The van der Waals surface area contributed by atoms with E-state index in [1.807, 2.05) is 30.3 Å². The zero-order chi connectivity index (χ0) is 10.5. The second-order valence-electron chi connectivity index (χ2n) is 3.28. The Morgan fingerprint density at radius 2 is 2.13 bits per heavy atom. The van der Waals surface area contributed by atoms with Gasteiger partial charge in [0.2, 0.25) is 0 Å². The predicted molar refractivity (Wildman–Crippen MR) is 67.2 cm³/mol. The van der Waals surface area contributed by atoms with Crippen molar-refractivity contribution in [2.24, 2.45) is 0 Å². The maximum atomic E-state index is 11.6. The average Bonchev–Trinajstić information content (AvgIpc) is 2.29. The lowest BCUT2D eigenvalue weighted by Crippen LogP contribution is -2.18. The molecule has 2 atom stereocenters. The molecule has 1 aliphatic heterocycles. The van der Waals surface area contributed by atoms with Gasteiger partial charge in [-0.15, -0.1) is 11.8 Å². The first-order valence-electron chi connectivity index (χ1n) is 4.91. The molecule has 0 radical (unpaired) electrons. The Labute approximate surface area is 97.1 Å². The zero-order valence-electron chi connectivity index (χ0n) is 8.31. The monoisotopic (exact) mass is 236 g/mol. The van der Waals surface area contributed by atoms with Gasteiger partial charge >= 0.3 is 0 Å². The van der Waals surface area contributed by atoms with E-state index in [1.165, 1.54) is 0 Å². The van der Waals surface area contributed by atoms with Crippen LogP contribution in [-0.4, -0.2) is 20.3 Å². The fraction of sp³-hybridized carbons (Fsp3) is 0.333. The van der Waals surface area contributed by atoms with E-state index >= 15 is 0 Å². The normalized spacial score (nSPS) is 25.3. The van der Waals surface area contributed by atoms with E-state index in [2.05, 4.69) is 11.8 Å². The van der Waals surface area contributed by atoms with Crippen molar-refractivity contribution in [2.45, 2.75) is 11.0 Å². The Morgan fingerprint density at radius 3 is 2.87 bits per heavy atom. The van der Waals surface area contributed by atoms with Crippen LogP contribution in [0.5, 0.6) is 0 Å². The largest absolute Gasteiger partial charge is 0.257 e. The third kappa shape index (κ3) is 3.12. The zero-order valence-corrected chi connectivity index (χ0v) is 9.94. The van der Waals surface area contributed by atoms with E-state index in [4.69, 9.17) is 0 Å². The first-order valence-corrected chi connectivity index (χ1v) is 7.35. The molecular formula is C12H12OS2. The first-order chi connectivity index (χ1) is 7.36. The van der Waals surface area contributed by atoms with Gasteiger partial charge in [0.05, 0.1) is 0 Å². The Bertz CT molecular complexity index is 403. The summed E-state index contributed by atoms with van der Waals surface area (Å²) in [4.78, 5) is 0. The maximum Gasteiger partial charge on any atom is 0.141 e. The Morgan fingerprint density at radius 1 is 1.33 bits per heavy atom. The molecule has 3 heteroatoms. The first kappa shape index (κ1) is 10.8. The molecule has 0 saturated carbocycles. The van der Waals surface area contributed by atoms with Gasteiger partial charge in [-0.05, 0) is 24.3 Å². The summed E-state index contributed by atoms with van der Waals surface area (Å²) < 4.78 is 11.6. The summed E-state index contributed by atoms with van der Waals surface area (Å²) in [7, 11) is -0.762. The van der Waals surface area contributed by atoms with Crippen LogP contribution in [0.25, 0.3) is 0 Å². The highest BCUT2D eigenvalue weighted by Gasteiger charge is 2.18. The third-order valence-corrected chi connectivity index (χ3v) is 5.39. The van der Waals surface area contributed by atoms with E-state index in [0.717, 1.165) is 23.5 Å². The second kappa shape index (κ2) is 5.39. The number of hydrogen-bond donors (Lipinski definition) is 0. The van der Waals surface area contributed by atoms with Gasteiger partial charge < -0.3 is 0 Å². The molecule has 0 N–H and O–H groups in total. The topological polar surface area (TPSA) is 17.1 Å². The smallest absolute Gasteiger partial charge is 0.141 e. The number of thioether (sulfide) groups is 1. The molecule has 0 bridgehead atoms. The van der Waals surface area contributed by atoms with Crippen molar-refractivity contribution in [3.63, 3.8) is 0 Å². The van der Waals surface area contributed by atoms with Crippen molar-refractivity contribution in [3.8, 4) is 11.8 Å². The maximum absolute atomic E-state index is 11.6. The molecule has 1 aromatic rings. The Balaban J connectivity index is 2.08. The van der Waals surface area contributed by atoms with Crippen molar-refractivity contribution in [3.05, 3.63) is 35.9 Å². The Kier molecular flexibility index (Phi) is 3.87. The lowest BCUT2D eigenvalue weighted by Gasteiger charge is -2.15. The molecule has 1 saturated heterocycles. The van der Waals surface area contributed by atoms with Crippen LogP contribution < -0.4 is 0 Å². The van der Waals surface area contributed by atoms with Gasteiger partial charge in [0.1, 0.15) is 4.58 Å². The molecule has 0 aromatic heterocycles. The molecule has 1 fully saturated rings. The average molecular weight is 236 g/mol. The number of benzene rings is 1. The standard InChI is InChI=1S/C12H12OS2/c13-15-10-4-9-14-12(15)8-7-11-5-2-1-3-6-11/h1-3,5-6,12H,4,9-10H2/t12-,15-/m0/s1. The van der Waals surface area contributed by atoms with Crippen molar-refractivity contribution >= 4 is 22.6 Å². The third-order valence-electron chi connectivity index (χ3n) is 2.11. The highest BCUT2D eigenvalue weighted by Crippen LogP contribution is 2.21. The van der Waals surface area contributed by atoms with Gasteiger partial charge in [-0.1, -0.05) is 30.0 Å². The minimum atomic E-state index is -0.762. The summed E-state index contributed by atoms with van der Waals surface area (Å²) in [6.07, 6.45) is 1.06. The highest BCUT2D eigenvalue weighted by atomic mass is 32.2. The number of hydrogen-bond acceptors (Lipinski definition) is 2. The molecular weight excluding hydrogens is 224 g/mol. The van der Waals surface area contributed by atoms with E-state index < -0.39 is 10.8 Å². The molecule has 2 rings (SSSR count). The van der Waals surface area contributed by atoms with E-state index in [9.17, 15) is 4.21 Å². The van der Waals surface area contributed by atoms with E-state index in [1.54, 1.807) is 11.8 Å². The summed E-state index contributed by atoms with van der Waals surface area (Å²) in [6.45, 7) is 0. The molecule has 1 aliphatic rings. The van der Waals surface area contributed by atoms with Crippen molar-refractivity contribution in [1.82, 2.24) is 0 Å². The quantitative estimate of drug-likeness (QED) is 0.643. The summed E-state index contributed by atoms with van der Waals surface area (Å²) >= 11 is 1.72. The lowest BCUT2D eigenvalue weighted by atomic mass is 10.2. The molecule has 0 aliphatic carbocycles. The summed E-state index contributed by atoms with van der Waals surface area (Å²) in [5, 5.41) is 0. The second-order valence-corrected chi connectivity index (χ2v) is 6.43. The molecule has 0 spiro atoms. The van der Waals surface area contributed by atoms with Gasteiger partial charge in [0, 0.05) is 22.1 Å². The van der Waals surface area contributed by atoms with Crippen LogP contribution in [0.3, 0.4) is 0 Å². The van der Waals surface area contributed by atoms with E-state index in [0.29, 0.717) is 0 Å². The lowest BCUT2D eigenvalue weighted by molar-refractivity contribution is 0.682. The van der Waals surface area contributed by atoms with Crippen molar-refractivity contribution < 1.29 is 4.21 Å². The van der Waals surface area contributed by atoms with Crippen LogP contribution in [-0.2, 0) is 10.8 Å². The van der Waals surface area contributed by atoms with Crippen LogP contribution in [0.2, 0.25) is 0 Å². The SMILES string of the molecule is O=[S@]1CCCS[C@@H]1C#Cc1ccccc1. The Hall–Kier alpha value is -0.720. The predicted octanol–water partition coefficient (Wildman–Crippen LogP) is 2.25. The van der Waals surface area contributed by atoms with Crippen molar-refractivity contribution in [2.75, 3.05) is 11.5 Å². The van der Waals surface area contributed by atoms with Crippen LogP contribution in [0.1, 0.15) is 12.0 Å². The van der Waals surface area contributed by atoms with E-state index in [-0.39, 0.29) is 4.58 Å². The fourth-order valence-electron chi connectivity index (χ4n) is 1.35. The van der Waals surface area contributed by atoms with Crippen LogP contribution in [0, 0.1) is 11.8 Å². The fourth-order valence-corrected chi connectivity index (χ4v) is 4.21. The molecule has 1 heterocycles. The van der Waals surface area contributed by atoms with Crippen LogP contribution >= 0.6 is 11.8 Å². The summed E-state index contributed by atoms with van der Waals surface area (Å²) in [5.41, 5.74) is 1.00. The van der Waals surface area contributed by atoms with Gasteiger partial charge in [-0.3, -0.25) is 4.21 Å². The van der Waals surface area contributed by atoms with Crippen LogP contribution in [0.15, 0.2) is 30.3 Å². The summed E-state index contributed by atoms with van der Waals surface area (Å²) in [5.74, 6) is 8.07. The van der Waals surface area contributed by atoms with Crippen molar-refractivity contribution in [1.29, 1.82) is 0 Å². The minimum Gasteiger partial charge on any atom is -0.257 e. The molecule has 0 unspecified atom stereocenters. The van der Waals surface area contributed by atoms with Gasteiger partial charge in [0.15, 0.2) is 0 Å². The molecule has 1 aromatic carbocycles. The van der Waals surface area contributed by atoms with Gasteiger partial charge in [-0.2, -0.15) is 0 Å². The summed E-state index contributed by atoms with van der Waals surface area (Å²) in [6, 6.07) is 9.86. The minimum absolute atomic E-state index is 0.0129. The van der Waals surface area contributed by atoms with Gasteiger partial charge in [0.25, 0.3) is 0 Å².